The first-order valence-corrected chi connectivity index (χ1v) is 17.5. The highest BCUT2D eigenvalue weighted by Gasteiger charge is 2.38. The number of nitrogens with zero attached hydrogens (tertiary/aromatic N) is 1. The van der Waals surface area contributed by atoms with Gasteiger partial charge in [-0.15, -0.1) is 0 Å². The van der Waals surface area contributed by atoms with Gasteiger partial charge in [0, 0.05) is 19.9 Å². The van der Waals surface area contributed by atoms with Crippen LogP contribution < -0.4 is 38.1 Å². The molecule has 0 aromatic heterocycles. The average Bonchev–Trinajstić information content (AvgIpc) is 3.61. The summed E-state index contributed by atoms with van der Waals surface area (Å²) in [6.07, 6.45) is -1.02. The summed E-state index contributed by atoms with van der Waals surface area (Å²) < 4.78 is 0. The first-order chi connectivity index (χ1) is 25.5. The molecule has 1 fully saturated rings. The van der Waals surface area contributed by atoms with Crippen molar-refractivity contribution in [1.29, 1.82) is 0 Å². The van der Waals surface area contributed by atoms with Crippen LogP contribution in [-0.2, 0) is 49.6 Å². The Kier molecular flexibility index (Phi) is 18.2. The predicted molar refractivity (Wildman–Crippen MR) is 191 cm³/mol. The lowest BCUT2D eigenvalue weighted by Gasteiger charge is -2.30. The number of aliphatic hydroxyl groups excluding tert-OH is 2. The van der Waals surface area contributed by atoms with Gasteiger partial charge >= 0.3 is 0 Å². The molecule has 2 rings (SSSR count). The van der Waals surface area contributed by atoms with Crippen LogP contribution in [0.2, 0.25) is 0 Å². The summed E-state index contributed by atoms with van der Waals surface area (Å²) in [6.45, 7) is 3.93. The molecule has 7 atom stereocenters. The van der Waals surface area contributed by atoms with E-state index in [9.17, 15) is 53.4 Å². The van der Waals surface area contributed by atoms with E-state index >= 15 is 0 Å². The summed E-state index contributed by atoms with van der Waals surface area (Å²) in [5.74, 6) is -6.92. The Balaban J connectivity index is 2.31. The van der Waals surface area contributed by atoms with Crippen molar-refractivity contribution in [2.24, 2.45) is 17.4 Å². The molecule has 1 aromatic carbocycles. The summed E-state index contributed by atoms with van der Waals surface area (Å²) in [5, 5.41) is 32.9. The molecular weight excluding hydrogens is 708 g/mol. The van der Waals surface area contributed by atoms with Gasteiger partial charge in [0.2, 0.25) is 53.5 Å². The fraction of sp³-hybridized carbons (Fsp3) is 0.571. The second-order valence-electron chi connectivity index (χ2n) is 13.4. The third kappa shape index (κ3) is 14.5. The highest BCUT2D eigenvalue weighted by Crippen LogP contribution is 2.21. The first-order valence-electron chi connectivity index (χ1n) is 17.5. The fourth-order valence-corrected chi connectivity index (χ4v) is 5.74. The molecule has 0 bridgehead atoms. The van der Waals surface area contributed by atoms with Gasteiger partial charge in [-0.1, -0.05) is 44.2 Å². The van der Waals surface area contributed by atoms with Crippen molar-refractivity contribution in [2.75, 3.05) is 13.2 Å². The molecule has 1 aliphatic rings. The van der Waals surface area contributed by atoms with Crippen LogP contribution in [0.15, 0.2) is 30.3 Å². The Morgan fingerprint density at radius 3 is 2.02 bits per heavy atom. The highest BCUT2D eigenvalue weighted by atomic mass is 16.3. The van der Waals surface area contributed by atoms with Crippen molar-refractivity contribution in [3.8, 4) is 0 Å². The first kappa shape index (κ1) is 44.7. The molecule has 11 N–H and O–H groups in total. The third-order valence-electron chi connectivity index (χ3n) is 8.67. The molecule has 1 radical (unpaired) electrons. The smallest absolute Gasteiger partial charge is 0.245 e. The van der Waals surface area contributed by atoms with Crippen LogP contribution in [-0.4, -0.2) is 124 Å². The molecule has 0 spiro atoms. The van der Waals surface area contributed by atoms with Crippen LogP contribution in [0.1, 0.15) is 64.9 Å². The van der Waals surface area contributed by atoms with Crippen LogP contribution in [0.3, 0.4) is 0 Å². The van der Waals surface area contributed by atoms with Gasteiger partial charge in [-0.3, -0.25) is 43.2 Å². The maximum atomic E-state index is 13.7. The second-order valence-corrected chi connectivity index (χ2v) is 13.4. The van der Waals surface area contributed by atoms with E-state index in [1.807, 2.05) is 0 Å². The molecule has 19 heteroatoms. The number of aliphatic hydroxyl groups is 2. The lowest BCUT2D eigenvalue weighted by molar-refractivity contribution is -0.140. The number of benzene rings is 1. The van der Waals surface area contributed by atoms with Crippen molar-refractivity contribution in [2.45, 2.75) is 108 Å². The number of carbonyl (C=O) groups excluding carboxylic acids is 9. The van der Waals surface area contributed by atoms with Gasteiger partial charge in [-0.25, -0.2) is 0 Å². The largest absolute Gasteiger partial charge is 0.394 e. The SMILES string of the molecule is CC(=O)NC(CO)C(=O)NC(CCC(N)=O)C(=O)NC(CC(N)=O)C(=O)NC(Cc1ccccc1)C(O)CC(=O)N1CCCC1C(=O)NC([C]=O)C(C)C. The van der Waals surface area contributed by atoms with E-state index in [1.54, 1.807) is 50.5 Å². The number of likely N-dealkylation sites (tertiary alicyclic amines) is 1. The van der Waals surface area contributed by atoms with Gasteiger partial charge in [-0.2, -0.15) is 0 Å². The zero-order valence-electron chi connectivity index (χ0n) is 30.5. The Labute approximate surface area is 312 Å². The molecule has 1 heterocycles. The zero-order chi connectivity index (χ0) is 40.5. The molecule has 1 saturated heterocycles. The van der Waals surface area contributed by atoms with E-state index in [2.05, 4.69) is 26.6 Å². The van der Waals surface area contributed by atoms with Crippen LogP contribution >= 0.6 is 0 Å². The number of nitrogens with two attached hydrogens (primary N) is 2. The lowest BCUT2D eigenvalue weighted by Crippen LogP contribution is -2.59. The fourth-order valence-electron chi connectivity index (χ4n) is 5.74. The maximum absolute atomic E-state index is 13.7. The number of hydrogen-bond donors (Lipinski definition) is 9. The van der Waals surface area contributed by atoms with Crippen molar-refractivity contribution in [3.63, 3.8) is 0 Å². The Morgan fingerprint density at radius 1 is 0.852 bits per heavy atom. The van der Waals surface area contributed by atoms with Gasteiger partial charge in [0.1, 0.15) is 24.2 Å². The van der Waals surface area contributed by atoms with Crippen LogP contribution in [0.5, 0.6) is 0 Å². The molecule has 54 heavy (non-hydrogen) atoms. The topological polar surface area (TPSA) is 310 Å². The second kappa shape index (κ2) is 21.9. The molecule has 7 unspecified atom stereocenters. The number of nitrogens with one attached hydrogen (secondary N) is 5. The van der Waals surface area contributed by atoms with E-state index < -0.39 is 115 Å². The molecule has 8 amide bonds. The molecule has 0 aliphatic carbocycles. The quantitative estimate of drug-likeness (QED) is 0.0554. The standard InChI is InChI=1S/C35H51N8O11/c1-19(2)25(17-44)42-35(54)27-10-7-13-43(27)31(50)16-28(47)23(14-21-8-5-4-6-9-21)40-33(52)24(15-30(37)49)41-32(51)22(11-12-29(36)48)39-34(53)26(18-45)38-20(3)46/h4-6,8-9,19,22-28,45,47H,7,10-16,18H2,1-3H3,(H2,36,48)(H2,37,49)(H,38,46)(H,39,53)(H,40,52)(H,41,51)(H,42,54). The number of carbonyl (C=O) groups is 8. The average molecular weight is 760 g/mol. The van der Waals surface area contributed by atoms with E-state index in [4.69, 9.17) is 11.5 Å². The van der Waals surface area contributed by atoms with Crippen molar-refractivity contribution >= 4 is 53.5 Å². The molecule has 19 nitrogen and oxygen atoms in total. The van der Waals surface area contributed by atoms with Gasteiger partial charge in [0.25, 0.3) is 0 Å². The van der Waals surface area contributed by atoms with Crippen molar-refractivity contribution < 1.29 is 53.4 Å². The Bertz CT molecular complexity index is 1510. The summed E-state index contributed by atoms with van der Waals surface area (Å²) in [5.41, 5.74) is 11.3. The Morgan fingerprint density at radius 2 is 1.46 bits per heavy atom. The summed E-state index contributed by atoms with van der Waals surface area (Å²) in [6, 6.07) is 0.944. The monoisotopic (exact) mass is 759 g/mol. The third-order valence-corrected chi connectivity index (χ3v) is 8.67. The number of rotatable bonds is 22. The Hall–Kier alpha value is -5.43. The van der Waals surface area contributed by atoms with Crippen molar-refractivity contribution in [3.05, 3.63) is 35.9 Å². The summed E-state index contributed by atoms with van der Waals surface area (Å²) in [4.78, 5) is 114. The van der Waals surface area contributed by atoms with Crippen LogP contribution in [0, 0.1) is 5.92 Å². The minimum Gasteiger partial charge on any atom is -0.394 e. The molecule has 0 saturated carbocycles. The minimum absolute atomic E-state index is 0.0175. The van der Waals surface area contributed by atoms with Gasteiger partial charge in [-0.05, 0) is 37.2 Å². The highest BCUT2D eigenvalue weighted by molar-refractivity contribution is 5.96. The summed E-state index contributed by atoms with van der Waals surface area (Å²) >= 11 is 0. The van der Waals surface area contributed by atoms with Gasteiger partial charge < -0.3 is 53.2 Å². The van der Waals surface area contributed by atoms with Crippen LogP contribution in [0.4, 0.5) is 0 Å². The maximum Gasteiger partial charge on any atom is 0.245 e. The molecule has 1 aliphatic heterocycles. The van der Waals surface area contributed by atoms with Gasteiger partial charge in [0.05, 0.1) is 37.6 Å². The number of hydrogen-bond acceptors (Lipinski definition) is 11. The zero-order valence-corrected chi connectivity index (χ0v) is 30.5. The van der Waals surface area contributed by atoms with E-state index in [1.165, 1.54) is 4.90 Å². The lowest BCUT2D eigenvalue weighted by atomic mass is 9.97. The molecular formula is C35H51N8O11. The molecule has 1 aromatic rings. The number of primary amides is 2. The summed E-state index contributed by atoms with van der Waals surface area (Å²) in [7, 11) is 0. The van der Waals surface area contributed by atoms with Crippen molar-refractivity contribution in [1.82, 2.24) is 31.5 Å². The predicted octanol–water partition coefficient (Wildman–Crippen LogP) is -3.69. The van der Waals surface area contributed by atoms with Gasteiger partial charge in [0.15, 0.2) is 0 Å². The normalized spacial score (nSPS) is 17.1. The minimum atomic E-state index is -1.68. The van der Waals surface area contributed by atoms with E-state index in [0.717, 1.165) is 6.92 Å². The molecule has 297 valence electrons. The van der Waals surface area contributed by atoms with E-state index in [-0.39, 0.29) is 25.3 Å². The number of amides is 8. The van der Waals surface area contributed by atoms with E-state index in [0.29, 0.717) is 18.4 Å². The van der Waals surface area contributed by atoms with Crippen LogP contribution in [0.25, 0.3) is 0 Å².